The van der Waals surface area contributed by atoms with Crippen molar-refractivity contribution in [1.29, 1.82) is 0 Å². The minimum atomic E-state index is 0.0748. The molecule has 0 fully saturated rings. The van der Waals surface area contributed by atoms with E-state index in [0.717, 1.165) is 22.5 Å². The van der Waals surface area contributed by atoms with Crippen LogP contribution in [0.5, 0.6) is 0 Å². The van der Waals surface area contributed by atoms with Gasteiger partial charge in [0.15, 0.2) is 5.78 Å². The van der Waals surface area contributed by atoms with E-state index in [-0.39, 0.29) is 5.78 Å². The van der Waals surface area contributed by atoms with Crippen LogP contribution in [0.25, 0.3) is 22.0 Å². The van der Waals surface area contributed by atoms with Crippen LogP contribution in [0.15, 0.2) is 42.5 Å². The molecule has 22 heavy (non-hydrogen) atoms. The number of rotatable bonds is 2. The van der Waals surface area contributed by atoms with Crippen molar-refractivity contribution in [2.24, 2.45) is 0 Å². The molecule has 0 saturated heterocycles. The lowest BCUT2D eigenvalue weighted by atomic mass is 9.99. The van der Waals surface area contributed by atoms with E-state index in [4.69, 9.17) is 4.98 Å². The first kappa shape index (κ1) is 14.5. The summed E-state index contributed by atoms with van der Waals surface area (Å²) in [6.45, 7) is 7.87. The highest BCUT2D eigenvalue weighted by atomic mass is 16.1. The maximum absolute atomic E-state index is 11.6. The number of carbonyl (C=O) groups excluding carboxylic acids is 1. The van der Waals surface area contributed by atoms with Gasteiger partial charge in [-0.2, -0.15) is 0 Å². The number of benzene rings is 2. The van der Waals surface area contributed by atoms with Crippen molar-refractivity contribution in [3.05, 3.63) is 64.8 Å². The molecule has 3 aromatic rings. The van der Waals surface area contributed by atoms with Crippen molar-refractivity contribution in [1.82, 2.24) is 4.98 Å². The second-order valence-corrected chi connectivity index (χ2v) is 5.89. The SMILES string of the molecule is CC(=O)c1cccc(-c2cc3cc(C)c(C)cc3c(C)n2)c1. The number of carbonyl (C=O) groups is 1. The van der Waals surface area contributed by atoms with Gasteiger partial charge in [-0.15, -0.1) is 0 Å². The molecule has 0 unspecified atom stereocenters. The Hall–Kier alpha value is -2.48. The van der Waals surface area contributed by atoms with Crippen molar-refractivity contribution >= 4 is 16.6 Å². The van der Waals surface area contributed by atoms with E-state index >= 15 is 0 Å². The van der Waals surface area contributed by atoms with Crippen LogP contribution in [0.2, 0.25) is 0 Å². The zero-order chi connectivity index (χ0) is 15.9. The third-order valence-corrected chi connectivity index (χ3v) is 4.20. The number of aromatic nitrogens is 1. The maximum Gasteiger partial charge on any atom is 0.159 e. The second-order valence-electron chi connectivity index (χ2n) is 5.89. The van der Waals surface area contributed by atoms with Crippen LogP contribution in [0.1, 0.15) is 34.1 Å². The molecule has 1 heterocycles. The second kappa shape index (κ2) is 5.38. The van der Waals surface area contributed by atoms with Crippen molar-refractivity contribution in [3.63, 3.8) is 0 Å². The largest absolute Gasteiger partial charge is 0.295 e. The monoisotopic (exact) mass is 289 g/mol. The van der Waals surface area contributed by atoms with Gasteiger partial charge >= 0.3 is 0 Å². The molecule has 2 aromatic carbocycles. The quantitative estimate of drug-likeness (QED) is 0.619. The number of Topliss-reactive ketones (excluding diaryl/α,β-unsaturated/α-hetero) is 1. The minimum Gasteiger partial charge on any atom is -0.295 e. The lowest BCUT2D eigenvalue weighted by Gasteiger charge is -2.10. The number of nitrogens with zero attached hydrogens (tertiary/aromatic N) is 1. The lowest BCUT2D eigenvalue weighted by molar-refractivity contribution is 0.101. The summed E-state index contributed by atoms with van der Waals surface area (Å²) in [6, 6.07) is 14.2. The van der Waals surface area contributed by atoms with Crippen LogP contribution >= 0.6 is 0 Å². The van der Waals surface area contributed by atoms with Crippen LogP contribution in [0.3, 0.4) is 0 Å². The summed E-state index contributed by atoms with van der Waals surface area (Å²) < 4.78 is 0. The van der Waals surface area contributed by atoms with Gasteiger partial charge in [0.25, 0.3) is 0 Å². The molecule has 0 aliphatic rings. The molecule has 0 atom stereocenters. The van der Waals surface area contributed by atoms with Crippen LogP contribution in [-0.4, -0.2) is 10.8 Å². The molecule has 110 valence electrons. The van der Waals surface area contributed by atoms with Crippen LogP contribution in [0, 0.1) is 20.8 Å². The molecule has 3 rings (SSSR count). The highest BCUT2D eigenvalue weighted by Gasteiger charge is 2.08. The van der Waals surface area contributed by atoms with Gasteiger partial charge in [-0.05, 0) is 62.4 Å². The van der Waals surface area contributed by atoms with E-state index in [1.54, 1.807) is 6.92 Å². The van der Waals surface area contributed by atoms with Crippen molar-refractivity contribution in [2.45, 2.75) is 27.7 Å². The van der Waals surface area contributed by atoms with Crippen LogP contribution in [0.4, 0.5) is 0 Å². The summed E-state index contributed by atoms with van der Waals surface area (Å²) in [5.41, 5.74) is 6.19. The highest BCUT2D eigenvalue weighted by molar-refractivity contribution is 5.95. The van der Waals surface area contributed by atoms with Crippen molar-refractivity contribution < 1.29 is 4.79 Å². The molecule has 0 N–H and O–H groups in total. The molecule has 0 amide bonds. The first-order chi connectivity index (χ1) is 10.5. The van der Waals surface area contributed by atoms with Gasteiger partial charge in [0.05, 0.1) is 5.69 Å². The van der Waals surface area contributed by atoms with E-state index < -0.39 is 0 Å². The van der Waals surface area contributed by atoms with Gasteiger partial charge in [0.1, 0.15) is 0 Å². The van der Waals surface area contributed by atoms with Gasteiger partial charge in [-0.25, -0.2) is 0 Å². The summed E-state index contributed by atoms with van der Waals surface area (Å²) in [5.74, 6) is 0.0748. The smallest absolute Gasteiger partial charge is 0.159 e. The average molecular weight is 289 g/mol. The molecule has 0 saturated carbocycles. The van der Waals surface area contributed by atoms with E-state index in [2.05, 4.69) is 32.0 Å². The van der Waals surface area contributed by atoms with Crippen molar-refractivity contribution in [2.75, 3.05) is 0 Å². The Morgan fingerprint density at radius 3 is 2.41 bits per heavy atom. The molecule has 1 aromatic heterocycles. The minimum absolute atomic E-state index is 0.0748. The van der Waals surface area contributed by atoms with Crippen LogP contribution < -0.4 is 0 Å². The van der Waals surface area contributed by atoms with Gasteiger partial charge in [-0.3, -0.25) is 9.78 Å². The Kier molecular flexibility index (Phi) is 3.53. The molecule has 0 spiro atoms. The molecular weight excluding hydrogens is 270 g/mol. The van der Waals surface area contributed by atoms with Gasteiger partial charge in [0, 0.05) is 22.2 Å². The third kappa shape index (κ3) is 2.52. The Bertz CT molecular complexity index is 894. The normalized spacial score (nSPS) is 10.9. The lowest BCUT2D eigenvalue weighted by Crippen LogP contribution is -1.95. The van der Waals surface area contributed by atoms with Crippen LogP contribution in [-0.2, 0) is 0 Å². The summed E-state index contributed by atoms with van der Waals surface area (Å²) in [5, 5.41) is 2.38. The Labute approximate surface area is 130 Å². The Morgan fingerprint density at radius 1 is 0.955 bits per heavy atom. The molecular formula is C20H19NO. The molecule has 0 aliphatic carbocycles. The van der Waals surface area contributed by atoms with E-state index in [9.17, 15) is 4.79 Å². The van der Waals surface area contributed by atoms with E-state index in [1.807, 2.05) is 31.2 Å². The predicted molar refractivity (Wildman–Crippen MR) is 91.4 cm³/mol. The number of ketones is 1. The van der Waals surface area contributed by atoms with Gasteiger partial charge < -0.3 is 0 Å². The molecule has 0 bridgehead atoms. The molecule has 0 aliphatic heterocycles. The Morgan fingerprint density at radius 2 is 1.68 bits per heavy atom. The predicted octanol–water partition coefficient (Wildman–Crippen LogP) is 5.03. The fourth-order valence-corrected chi connectivity index (χ4v) is 2.74. The average Bonchev–Trinajstić information content (AvgIpc) is 2.49. The first-order valence-electron chi connectivity index (χ1n) is 7.45. The molecule has 2 heteroatoms. The summed E-state index contributed by atoms with van der Waals surface area (Å²) in [4.78, 5) is 16.3. The Balaban J connectivity index is 2.22. The topological polar surface area (TPSA) is 30.0 Å². The maximum atomic E-state index is 11.6. The van der Waals surface area contributed by atoms with Gasteiger partial charge in [0.2, 0.25) is 0 Å². The fourth-order valence-electron chi connectivity index (χ4n) is 2.74. The number of pyridine rings is 1. The molecule has 0 radical (unpaired) electrons. The van der Waals surface area contributed by atoms with E-state index in [0.29, 0.717) is 0 Å². The fraction of sp³-hybridized carbons (Fsp3) is 0.200. The highest BCUT2D eigenvalue weighted by Crippen LogP contribution is 2.27. The van der Waals surface area contributed by atoms with E-state index in [1.165, 1.54) is 21.9 Å². The number of hydrogen-bond donors (Lipinski definition) is 0. The van der Waals surface area contributed by atoms with Crippen molar-refractivity contribution in [3.8, 4) is 11.3 Å². The number of aryl methyl sites for hydroxylation is 3. The standard InChI is InChI=1S/C20H19NO/c1-12-8-18-11-20(21-14(3)19(18)9-13(12)2)17-7-5-6-16(10-17)15(4)22/h5-11H,1-4H3. The molecule has 2 nitrogen and oxygen atoms in total. The zero-order valence-corrected chi connectivity index (χ0v) is 13.4. The first-order valence-corrected chi connectivity index (χ1v) is 7.45. The van der Waals surface area contributed by atoms with Gasteiger partial charge in [-0.1, -0.05) is 24.3 Å². The summed E-state index contributed by atoms with van der Waals surface area (Å²) in [6.07, 6.45) is 0. The number of hydrogen-bond acceptors (Lipinski definition) is 2. The zero-order valence-electron chi connectivity index (χ0n) is 13.4. The number of fused-ring (bicyclic) bond motifs is 1. The third-order valence-electron chi connectivity index (χ3n) is 4.20. The summed E-state index contributed by atoms with van der Waals surface area (Å²) in [7, 11) is 0. The summed E-state index contributed by atoms with van der Waals surface area (Å²) >= 11 is 0.